The van der Waals surface area contributed by atoms with Crippen LogP contribution in [-0.2, 0) is 4.79 Å². The van der Waals surface area contributed by atoms with Crippen molar-refractivity contribution >= 4 is 5.78 Å². The Balaban J connectivity index is 3.46. The van der Waals surface area contributed by atoms with Gasteiger partial charge in [0, 0.05) is 6.54 Å². The molecule has 0 saturated heterocycles. The fraction of sp³-hybridized carbons (Fsp3) is 0.750. The highest BCUT2D eigenvalue weighted by atomic mass is 16.3. The van der Waals surface area contributed by atoms with E-state index in [1.807, 2.05) is 0 Å². The van der Waals surface area contributed by atoms with Crippen LogP contribution in [0.3, 0.4) is 0 Å². The first-order chi connectivity index (χ1) is 3.72. The zero-order valence-electron chi connectivity index (χ0n) is 4.50. The molecule has 0 aliphatic rings. The van der Waals surface area contributed by atoms with Gasteiger partial charge in [0.2, 0.25) is 0 Å². The maximum Gasteiger partial charge on any atom is 0.176 e. The Bertz CT molecular complexity index is 84.1. The smallest absolute Gasteiger partial charge is 0.176 e. The minimum absolute atomic E-state index is 0.0966. The van der Waals surface area contributed by atoms with Crippen molar-refractivity contribution in [3.63, 3.8) is 0 Å². The third-order valence-electron chi connectivity index (χ3n) is 0.823. The molecule has 0 bridgehead atoms. The highest BCUT2D eigenvalue weighted by Crippen LogP contribution is 1.74. The largest absolute Gasteiger partial charge is 0.389 e. The molecule has 0 spiro atoms. The minimum Gasteiger partial charge on any atom is -0.389 e. The highest BCUT2D eigenvalue weighted by molar-refractivity contribution is 5.84. The number of hydrogen-bond donors (Lipinski definition) is 3. The lowest BCUT2D eigenvalue weighted by molar-refractivity contribution is -0.122. The first-order valence-electron chi connectivity index (χ1n) is 2.31. The maximum atomic E-state index is 10.3. The Morgan fingerprint density at radius 3 is 2.38 bits per heavy atom. The second-order valence-electron chi connectivity index (χ2n) is 1.47. The Kier molecular flexibility index (Phi) is 3.34. The minimum atomic E-state index is -0.694. The summed E-state index contributed by atoms with van der Waals surface area (Å²) in [6.07, 6.45) is 0. The molecular formula is C4H10N2O2. The molecule has 4 heteroatoms. The monoisotopic (exact) mass is 118 g/mol. The van der Waals surface area contributed by atoms with E-state index in [2.05, 4.69) is 0 Å². The van der Waals surface area contributed by atoms with E-state index in [0.29, 0.717) is 0 Å². The number of aliphatic hydroxyl groups excluding tert-OH is 1. The van der Waals surface area contributed by atoms with E-state index in [4.69, 9.17) is 16.6 Å². The van der Waals surface area contributed by atoms with Crippen molar-refractivity contribution in [2.24, 2.45) is 11.5 Å². The first kappa shape index (κ1) is 7.55. The number of carbonyl (C=O) groups excluding carboxylic acids is 1. The molecule has 0 aromatic heterocycles. The Labute approximate surface area is 47.5 Å². The maximum absolute atomic E-state index is 10.3. The van der Waals surface area contributed by atoms with Crippen molar-refractivity contribution in [2.75, 3.05) is 13.2 Å². The van der Waals surface area contributed by atoms with Gasteiger partial charge in [-0.15, -0.1) is 0 Å². The van der Waals surface area contributed by atoms with Gasteiger partial charge in [0.15, 0.2) is 5.78 Å². The van der Waals surface area contributed by atoms with Crippen LogP contribution in [0.15, 0.2) is 0 Å². The zero-order chi connectivity index (χ0) is 6.57. The van der Waals surface area contributed by atoms with Crippen LogP contribution in [-0.4, -0.2) is 30.1 Å². The Morgan fingerprint density at radius 1 is 1.75 bits per heavy atom. The van der Waals surface area contributed by atoms with Crippen LogP contribution in [0.25, 0.3) is 0 Å². The molecule has 0 fully saturated rings. The standard InChI is InChI=1S/C4H10N2O2/c5-1-3(6)4(8)2-7/h3,7H,1-2,5-6H2. The number of hydrogen-bond acceptors (Lipinski definition) is 4. The average Bonchev–Trinajstić information content (AvgIpc) is 1.84. The topological polar surface area (TPSA) is 89.3 Å². The van der Waals surface area contributed by atoms with Crippen molar-refractivity contribution in [3.8, 4) is 0 Å². The number of ketones is 1. The van der Waals surface area contributed by atoms with Gasteiger partial charge in [-0.3, -0.25) is 4.79 Å². The van der Waals surface area contributed by atoms with Gasteiger partial charge in [-0.2, -0.15) is 0 Å². The molecule has 1 atom stereocenters. The first-order valence-corrected chi connectivity index (χ1v) is 2.31. The summed E-state index contributed by atoms with van der Waals surface area (Å²) in [7, 11) is 0. The van der Waals surface area contributed by atoms with Crippen LogP contribution in [0.1, 0.15) is 0 Å². The summed E-state index contributed by atoms with van der Waals surface area (Å²) in [5.74, 6) is -0.410. The summed E-state index contributed by atoms with van der Waals surface area (Å²) in [6, 6.07) is -0.694. The van der Waals surface area contributed by atoms with Gasteiger partial charge in [0.1, 0.15) is 6.61 Å². The van der Waals surface area contributed by atoms with Crippen LogP contribution in [0, 0.1) is 0 Å². The summed E-state index contributed by atoms with van der Waals surface area (Å²) in [5.41, 5.74) is 10.1. The third kappa shape index (κ3) is 2.02. The normalized spacial score (nSPS) is 13.4. The molecule has 0 aliphatic heterocycles. The van der Waals surface area contributed by atoms with Crippen LogP contribution in [0.4, 0.5) is 0 Å². The van der Waals surface area contributed by atoms with Gasteiger partial charge in [-0.05, 0) is 0 Å². The second-order valence-corrected chi connectivity index (χ2v) is 1.47. The van der Waals surface area contributed by atoms with Crippen LogP contribution in [0.5, 0.6) is 0 Å². The number of carbonyl (C=O) groups is 1. The lowest BCUT2D eigenvalue weighted by Gasteiger charge is -2.01. The summed E-state index contributed by atoms with van der Waals surface area (Å²) in [4.78, 5) is 10.3. The van der Waals surface area contributed by atoms with Crippen LogP contribution < -0.4 is 11.5 Å². The predicted octanol–water partition coefficient (Wildman–Crippen LogP) is -2.17. The van der Waals surface area contributed by atoms with Crippen molar-refractivity contribution in [3.05, 3.63) is 0 Å². The lowest BCUT2D eigenvalue weighted by atomic mass is 10.2. The highest BCUT2D eigenvalue weighted by Gasteiger charge is 2.07. The quantitative estimate of drug-likeness (QED) is 0.393. The average molecular weight is 118 g/mol. The van der Waals surface area contributed by atoms with Crippen molar-refractivity contribution in [1.29, 1.82) is 0 Å². The van der Waals surface area contributed by atoms with E-state index < -0.39 is 18.4 Å². The molecule has 0 amide bonds. The molecular weight excluding hydrogens is 108 g/mol. The van der Waals surface area contributed by atoms with Crippen molar-refractivity contribution in [2.45, 2.75) is 6.04 Å². The predicted molar refractivity (Wildman–Crippen MR) is 29.1 cm³/mol. The fourth-order valence-electron chi connectivity index (χ4n) is 0.249. The van der Waals surface area contributed by atoms with E-state index in [0.717, 1.165) is 0 Å². The fourth-order valence-corrected chi connectivity index (χ4v) is 0.249. The van der Waals surface area contributed by atoms with Gasteiger partial charge in [0.25, 0.3) is 0 Å². The summed E-state index contributed by atoms with van der Waals surface area (Å²) < 4.78 is 0. The summed E-state index contributed by atoms with van der Waals surface area (Å²) >= 11 is 0. The van der Waals surface area contributed by atoms with Crippen LogP contribution in [0.2, 0.25) is 0 Å². The van der Waals surface area contributed by atoms with E-state index in [1.54, 1.807) is 0 Å². The molecule has 0 rings (SSSR count). The molecule has 48 valence electrons. The molecule has 0 aromatic carbocycles. The van der Waals surface area contributed by atoms with E-state index in [1.165, 1.54) is 0 Å². The molecule has 5 N–H and O–H groups in total. The zero-order valence-corrected chi connectivity index (χ0v) is 4.50. The van der Waals surface area contributed by atoms with E-state index >= 15 is 0 Å². The molecule has 4 nitrogen and oxygen atoms in total. The number of nitrogens with two attached hydrogens (primary N) is 2. The van der Waals surface area contributed by atoms with Gasteiger partial charge in [-0.1, -0.05) is 0 Å². The summed E-state index contributed by atoms with van der Waals surface area (Å²) in [5, 5.41) is 8.15. The van der Waals surface area contributed by atoms with E-state index in [9.17, 15) is 4.79 Å². The molecule has 1 unspecified atom stereocenters. The van der Waals surface area contributed by atoms with Crippen molar-refractivity contribution in [1.82, 2.24) is 0 Å². The van der Waals surface area contributed by atoms with E-state index in [-0.39, 0.29) is 6.54 Å². The van der Waals surface area contributed by atoms with Gasteiger partial charge in [-0.25, -0.2) is 0 Å². The Morgan fingerprint density at radius 2 is 2.25 bits per heavy atom. The molecule has 0 aromatic rings. The SMILES string of the molecule is NCC(N)C(=O)CO. The van der Waals surface area contributed by atoms with Crippen molar-refractivity contribution < 1.29 is 9.90 Å². The lowest BCUT2D eigenvalue weighted by Crippen LogP contribution is -2.39. The van der Waals surface area contributed by atoms with Crippen LogP contribution >= 0.6 is 0 Å². The van der Waals surface area contributed by atoms with Gasteiger partial charge >= 0.3 is 0 Å². The molecule has 0 aliphatic carbocycles. The second kappa shape index (κ2) is 3.54. The van der Waals surface area contributed by atoms with Gasteiger partial charge in [0.05, 0.1) is 6.04 Å². The third-order valence-corrected chi connectivity index (χ3v) is 0.823. The molecule has 0 radical (unpaired) electrons. The molecule has 0 saturated carbocycles. The number of aliphatic hydroxyl groups is 1. The molecule has 0 heterocycles. The number of Topliss-reactive ketones (excluding diaryl/α,β-unsaturated/α-hetero) is 1. The van der Waals surface area contributed by atoms with Gasteiger partial charge < -0.3 is 16.6 Å². The Hall–Kier alpha value is -0.450. The summed E-state index contributed by atoms with van der Waals surface area (Å²) in [6.45, 7) is -0.419. The molecule has 8 heavy (non-hydrogen) atoms. The number of rotatable bonds is 3.